The van der Waals surface area contributed by atoms with Gasteiger partial charge in [-0.25, -0.2) is 10.9 Å². The van der Waals surface area contributed by atoms with Gasteiger partial charge < -0.3 is 10.2 Å². The summed E-state index contributed by atoms with van der Waals surface area (Å²) in [6, 6.07) is 8.37. The van der Waals surface area contributed by atoms with Crippen LogP contribution in [0.1, 0.15) is 37.3 Å². The van der Waals surface area contributed by atoms with E-state index in [2.05, 4.69) is 44.2 Å². The molecule has 6 heteroatoms. The molecule has 3 N–H and O–H groups in total. The van der Waals surface area contributed by atoms with Crippen LogP contribution in [0, 0.1) is 5.92 Å². The molecule has 2 atom stereocenters. The Bertz CT molecular complexity index is 542. The van der Waals surface area contributed by atoms with E-state index in [1.807, 2.05) is 24.1 Å². The van der Waals surface area contributed by atoms with E-state index >= 15 is 0 Å². The minimum Gasteiger partial charge on any atom is -0.341 e. The van der Waals surface area contributed by atoms with Crippen molar-refractivity contribution in [3.63, 3.8) is 0 Å². The van der Waals surface area contributed by atoms with Crippen molar-refractivity contribution in [2.45, 2.75) is 37.8 Å². The predicted molar refractivity (Wildman–Crippen MR) is 99.4 cm³/mol. The topological polar surface area (TPSA) is 56.4 Å². The smallest absolute Gasteiger partial charge is 0.241 e. The molecule has 2 fully saturated rings. The molecule has 132 valence electrons. The third kappa shape index (κ3) is 4.36. The zero-order chi connectivity index (χ0) is 16.9. The molecule has 0 saturated carbocycles. The second kappa shape index (κ2) is 8.43. The van der Waals surface area contributed by atoms with Crippen molar-refractivity contribution in [3.8, 4) is 0 Å². The number of benzene rings is 1. The summed E-state index contributed by atoms with van der Waals surface area (Å²) in [6.07, 6.45) is 4.28. The molecule has 2 aliphatic rings. The molecule has 0 radical (unpaired) electrons. The Morgan fingerprint density at radius 2 is 1.96 bits per heavy atom. The molecule has 1 aromatic rings. The summed E-state index contributed by atoms with van der Waals surface area (Å²) >= 11 is 3.46. The molecule has 5 nitrogen and oxygen atoms in total. The van der Waals surface area contributed by atoms with Gasteiger partial charge in [-0.05, 0) is 62.9 Å². The zero-order valence-electron chi connectivity index (χ0n) is 14.2. The van der Waals surface area contributed by atoms with Crippen LogP contribution in [0.25, 0.3) is 0 Å². The van der Waals surface area contributed by atoms with Crippen LogP contribution in [0.2, 0.25) is 0 Å². The number of amides is 1. The fraction of sp³-hybridized carbons (Fsp3) is 0.611. The van der Waals surface area contributed by atoms with Gasteiger partial charge in [0.15, 0.2) is 0 Å². The van der Waals surface area contributed by atoms with E-state index in [9.17, 15) is 4.79 Å². The number of nitrogens with zero attached hydrogens (tertiary/aromatic N) is 1. The van der Waals surface area contributed by atoms with Crippen molar-refractivity contribution in [3.05, 3.63) is 34.3 Å². The molecule has 2 saturated heterocycles. The molecular formula is C18H27BrN4O. The van der Waals surface area contributed by atoms with E-state index in [0.717, 1.165) is 49.3 Å². The van der Waals surface area contributed by atoms with Crippen LogP contribution in [0.3, 0.4) is 0 Å². The van der Waals surface area contributed by atoms with E-state index in [1.165, 1.54) is 12.0 Å². The van der Waals surface area contributed by atoms with Crippen molar-refractivity contribution >= 4 is 21.8 Å². The van der Waals surface area contributed by atoms with Gasteiger partial charge in [0.2, 0.25) is 5.91 Å². The summed E-state index contributed by atoms with van der Waals surface area (Å²) in [5.74, 6) is 1.00. The van der Waals surface area contributed by atoms with Gasteiger partial charge in [0.05, 0.1) is 0 Å². The lowest BCUT2D eigenvalue weighted by Gasteiger charge is -2.33. The van der Waals surface area contributed by atoms with E-state index in [0.29, 0.717) is 0 Å². The number of carbonyl (C=O) groups excluding carboxylic acids is 1. The largest absolute Gasteiger partial charge is 0.341 e. The fourth-order valence-electron chi connectivity index (χ4n) is 3.64. The number of hydrazine groups is 1. The maximum absolute atomic E-state index is 12.8. The molecule has 2 aliphatic heterocycles. The third-order valence-corrected chi connectivity index (χ3v) is 5.73. The molecule has 3 rings (SSSR count). The van der Waals surface area contributed by atoms with Crippen LogP contribution in [0.4, 0.5) is 0 Å². The highest BCUT2D eigenvalue weighted by atomic mass is 79.9. The van der Waals surface area contributed by atoms with Gasteiger partial charge in [-0.2, -0.15) is 0 Å². The number of piperidine rings is 1. The Morgan fingerprint density at radius 1 is 1.25 bits per heavy atom. The summed E-state index contributed by atoms with van der Waals surface area (Å²) in [6.45, 7) is 2.87. The summed E-state index contributed by atoms with van der Waals surface area (Å²) in [4.78, 5) is 14.8. The zero-order valence-corrected chi connectivity index (χ0v) is 15.8. The average Bonchev–Trinajstić information content (AvgIpc) is 3.10. The molecule has 24 heavy (non-hydrogen) atoms. The lowest BCUT2D eigenvalue weighted by atomic mass is 9.93. The quantitative estimate of drug-likeness (QED) is 0.716. The predicted octanol–water partition coefficient (Wildman–Crippen LogP) is 2.20. The summed E-state index contributed by atoms with van der Waals surface area (Å²) in [7, 11) is 2.00. The van der Waals surface area contributed by atoms with Gasteiger partial charge >= 0.3 is 0 Å². The number of nitrogens with one attached hydrogen (secondary N) is 3. The van der Waals surface area contributed by atoms with Crippen molar-refractivity contribution in [1.82, 2.24) is 21.1 Å². The molecule has 1 amide bonds. The van der Waals surface area contributed by atoms with Gasteiger partial charge in [0, 0.05) is 23.6 Å². The second-order valence-electron chi connectivity index (χ2n) is 6.84. The molecule has 2 heterocycles. The van der Waals surface area contributed by atoms with Gasteiger partial charge in [-0.15, -0.1) is 0 Å². The lowest BCUT2D eigenvalue weighted by molar-refractivity contribution is -0.134. The Balaban J connectivity index is 1.49. The average molecular weight is 395 g/mol. The minimum atomic E-state index is -0.118. The first-order chi connectivity index (χ1) is 11.7. The molecule has 1 aromatic carbocycles. The van der Waals surface area contributed by atoms with Gasteiger partial charge in [0.1, 0.15) is 6.04 Å². The van der Waals surface area contributed by atoms with Crippen LogP contribution in [-0.2, 0) is 4.79 Å². The Kier molecular flexibility index (Phi) is 6.27. The van der Waals surface area contributed by atoms with Gasteiger partial charge in [-0.1, -0.05) is 28.1 Å². The van der Waals surface area contributed by atoms with Crippen LogP contribution in [-0.4, -0.2) is 43.5 Å². The number of halogens is 1. The molecular weight excluding hydrogens is 368 g/mol. The third-order valence-electron chi connectivity index (χ3n) is 5.20. The fourth-order valence-corrected chi connectivity index (χ4v) is 3.91. The molecule has 0 aliphatic carbocycles. The highest BCUT2D eigenvalue weighted by Crippen LogP contribution is 2.26. The van der Waals surface area contributed by atoms with Crippen LogP contribution in [0.5, 0.6) is 0 Å². The Labute approximate surface area is 152 Å². The first-order valence-corrected chi connectivity index (χ1v) is 9.66. The van der Waals surface area contributed by atoms with Gasteiger partial charge in [0.25, 0.3) is 0 Å². The van der Waals surface area contributed by atoms with Gasteiger partial charge in [-0.3, -0.25) is 4.79 Å². The van der Waals surface area contributed by atoms with Crippen molar-refractivity contribution in [2.75, 3.05) is 26.7 Å². The first-order valence-electron chi connectivity index (χ1n) is 8.87. The number of hydrogen-bond acceptors (Lipinski definition) is 4. The van der Waals surface area contributed by atoms with Crippen molar-refractivity contribution in [2.24, 2.45) is 5.92 Å². The highest BCUT2D eigenvalue weighted by Gasteiger charge is 2.34. The molecule has 0 bridgehead atoms. The maximum Gasteiger partial charge on any atom is 0.241 e. The highest BCUT2D eigenvalue weighted by molar-refractivity contribution is 9.10. The van der Waals surface area contributed by atoms with E-state index in [-0.39, 0.29) is 18.0 Å². The molecule has 2 unspecified atom stereocenters. The molecule has 0 spiro atoms. The van der Waals surface area contributed by atoms with Crippen molar-refractivity contribution < 1.29 is 4.79 Å². The summed E-state index contributed by atoms with van der Waals surface area (Å²) < 4.78 is 1.07. The van der Waals surface area contributed by atoms with Crippen LogP contribution in [0.15, 0.2) is 28.7 Å². The maximum atomic E-state index is 12.8. The number of likely N-dealkylation sites (tertiary alicyclic amines) is 1. The van der Waals surface area contributed by atoms with E-state index in [1.54, 1.807) is 0 Å². The van der Waals surface area contributed by atoms with E-state index in [4.69, 9.17) is 0 Å². The Hall–Kier alpha value is -0.950. The summed E-state index contributed by atoms with van der Waals surface area (Å²) in [5.41, 5.74) is 7.69. The van der Waals surface area contributed by atoms with Crippen LogP contribution >= 0.6 is 15.9 Å². The van der Waals surface area contributed by atoms with Crippen molar-refractivity contribution in [1.29, 1.82) is 0 Å². The molecule has 0 aromatic heterocycles. The second-order valence-corrected chi connectivity index (χ2v) is 7.76. The minimum absolute atomic E-state index is 0.118. The SMILES string of the molecule is CNCCC1CCN(C(=O)C2CC(c3ccc(Br)cc3)NN2)CC1. The Morgan fingerprint density at radius 3 is 2.62 bits per heavy atom. The first kappa shape index (κ1) is 17.9. The standard InChI is InChI=1S/C18H27BrN4O/c1-20-9-6-13-7-10-23(11-8-13)18(24)17-12-16(21-22-17)14-2-4-15(19)5-3-14/h2-5,13,16-17,20-22H,6-12H2,1H3. The number of hydrogen-bond donors (Lipinski definition) is 3. The number of rotatable bonds is 5. The number of carbonyl (C=O) groups is 1. The summed E-state index contributed by atoms with van der Waals surface area (Å²) in [5, 5.41) is 3.22. The lowest BCUT2D eigenvalue weighted by Crippen LogP contribution is -2.48. The van der Waals surface area contributed by atoms with E-state index < -0.39 is 0 Å². The monoisotopic (exact) mass is 394 g/mol. The normalized spacial score (nSPS) is 25.2. The van der Waals surface area contributed by atoms with Crippen LogP contribution < -0.4 is 16.2 Å².